The predicted octanol–water partition coefficient (Wildman–Crippen LogP) is 5.19. The van der Waals surface area contributed by atoms with Crippen LogP contribution in [0.15, 0.2) is 70.1 Å². The van der Waals surface area contributed by atoms with E-state index in [4.69, 9.17) is 37.3 Å². The molecule has 0 aliphatic carbocycles. The number of amides is 1. The molecule has 0 aliphatic rings. The number of para-hydroxylation sites is 1. The van der Waals surface area contributed by atoms with Crippen molar-refractivity contribution in [3.8, 4) is 11.4 Å². The largest absolute Gasteiger partial charge is 0.495 e. The molecule has 1 amide bonds. The third kappa shape index (κ3) is 4.54. The molecule has 1 unspecified atom stereocenters. The third-order valence-electron chi connectivity index (χ3n) is 5.59. The van der Waals surface area contributed by atoms with Crippen molar-refractivity contribution in [3.05, 3.63) is 88.4 Å². The molecule has 0 saturated carbocycles. The van der Waals surface area contributed by atoms with Gasteiger partial charge in [0.2, 0.25) is 0 Å². The number of benzene rings is 2. The van der Waals surface area contributed by atoms with Crippen molar-refractivity contribution in [2.75, 3.05) is 7.11 Å². The van der Waals surface area contributed by atoms with E-state index in [0.29, 0.717) is 33.9 Å². The van der Waals surface area contributed by atoms with Crippen LogP contribution < -0.4 is 10.3 Å². The number of aryl methyl sites for hydroxylation is 1. The van der Waals surface area contributed by atoms with Crippen LogP contribution in [0.1, 0.15) is 30.1 Å². The van der Waals surface area contributed by atoms with Crippen molar-refractivity contribution in [1.29, 1.82) is 0 Å². The Morgan fingerprint density at radius 1 is 1.18 bits per heavy atom. The van der Waals surface area contributed by atoms with Crippen LogP contribution in [0.25, 0.3) is 16.6 Å². The van der Waals surface area contributed by atoms with E-state index in [9.17, 15) is 9.59 Å². The van der Waals surface area contributed by atoms with E-state index < -0.39 is 16.8 Å². The van der Waals surface area contributed by atoms with Gasteiger partial charge >= 0.3 is 0 Å². The first kappa shape index (κ1) is 23.9. The maximum atomic E-state index is 13.8. The quantitative estimate of drug-likeness (QED) is 0.327. The summed E-state index contributed by atoms with van der Waals surface area (Å²) in [6, 6.07) is 15.4. The van der Waals surface area contributed by atoms with Gasteiger partial charge in [-0.25, -0.2) is 4.98 Å². The number of aromatic nitrogens is 2. The van der Waals surface area contributed by atoms with Crippen molar-refractivity contribution in [3.63, 3.8) is 0 Å². The average Bonchev–Trinajstić information content (AvgIpc) is 3.35. The first-order valence-electron chi connectivity index (χ1n) is 10.6. The number of ether oxygens (including phenoxy) is 1. The summed E-state index contributed by atoms with van der Waals surface area (Å²) in [6.07, 6.45) is 1.52. The van der Waals surface area contributed by atoms with Crippen LogP contribution in [-0.2, 0) is 11.3 Å². The Morgan fingerprint density at radius 2 is 1.94 bits per heavy atom. The molecular weight excluding hydrogens is 477 g/mol. The Balaban J connectivity index is 1.98. The number of carbonyl (C=O) groups is 1. The molecule has 2 heterocycles. The summed E-state index contributed by atoms with van der Waals surface area (Å²) < 4.78 is 12.5. The lowest BCUT2D eigenvalue weighted by Crippen LogP contribution is -2.39. The van der Waals surface area contributed by atoms with Crippen LogP contribution in [-0.4, -0.2) is 32.3 Å². The number of fused-ring (bicyclic) bond motifs is 1. The van der Waals surface area contributed by atoms with Gasteiger partial charge in [0.15, 0.2) is 4.84 Å². The fourth-order valence-corrected chi connectivity index (χ4v) is 4.13. The molecule has 7 nitrogen and oxygen atoms in total. The lowest BCUT2D eigenvalue weighted by molar-refractivity contribution is -0.132. The summed E-state index contributed by atoms with van der Waals surface area (Å²) in [4.78, 5) is 31.8. The van der Waals surface area contributed by atoms with Crippen molar-refractivity contribution >= 4 is 40.0 Å². The molecule has 0 spiro atoms. The van der Waals surface area contributed by atoms with Gasteiger partial charge in [0.25, 0.3) is 11.5 Å². The fraction of sp³-hybridized carbons (Fsp3) is 0.240. The zero-order chi connectivity index (χ0) is 24.4. The van der Waals surface area contributed by atoms with Crippen LogP contribution in [0.2, 0.25) is 0 Å². The highest BCUT2D eigenvalue weighted by Crippen LogP contribution is 2.30. The smallest absolute Gasteiger partial charge is 0.266 e. The van der Waals surface area contributed by atoms with Crippen molar-refractivity contribution in [2.24, 2.45) is 0 Å². The molecule has 176 valence electrons. The van der Waals surface area contributed by atoms with E-state index in [1.807, 2.05) is 19.1 Å². The minimum Gasteiger partial charge on any atom is -0.495 e. The van der Waals surface area contributed by atoms with Gasteiger partial charge in [-0.05, 0) is 55.8 Å². The van der Waals surface area contributed by atoms with Crippen molar-refractivity contribution in [1.82, 2.24) is 14.5 Å². The number of rotatable bonds is 7. The Hall–Kier alpha value is -3.29. The average molecular weight is 500 g/mol. The van der Waals surface area contributed by atoms with Crippen molar-refractivity contribution in [2.45, 2.75) is 31.3 Å². The van der Waals surface area contributed by atoms with Crippen LogP contribution in [0, 0.1) is 6.92 Å². The van der Waals surface area contributed by atoms with Crippen LogP contribution >= 0.6 is 23.2 Å². The minimum atomic E-state index is -1.30. The summed E-state index contributed by atoms with van der Waals surface area (Å²) >= 11 is 12.0. The first-order valence-corrected chi connectivity index (χ1v) is 11.5. The second kappa shape index (κ2) is 9.91. The number of methoxy groups -OCH3 is 1. The Kier molecular flexibility index (Phi) is 6.95. The second-order valence-electron chi connectivity index (χ2n) is 7.83. The summed E-state index contributed by atoms with van der Waals surface area (Å²) in [5.41, 5.74) is 1.68. The first-order chi connectivity index (χ1) is 16.3. The molecule has 0 aliphatic heterocycles. The van der Waals surface area contributed by atoms with Crippen LogP contribution in [0.4, 0.5) is 0 Å². The fourth-order valence-electron chi connectivity index (χ4n) is 3.88. The number of nitrogens with zero attached hydrogens (tertiary/aromatic N) is 3. The zero-order valence-corrected chi connectivity index (χ0v) is 20.4. The van der Waals surface area contributed by atoms with E-state index in [-0.39, 0.29) is 12.1 Å². The number of halogens is 2. The monoisotopic (exact) mass is 499 g/mol. The standard InChI is InChI=1S/C25H23Cl2N3O4/c1-15-10-11-21(33-3)20(13-15)30-23(28-19-9-5-4-8-18(19)24(30)31)16(2)29(25(32)22(26)27)14-17-7-6-12-34-17/h4-13,16,22H,14H2,1-3H3. The lowest BCUT2D eigenvalue weighted by atomic mass is 10.1. The molecule has 0 N–H and O–H groups in total. The molecule has 2 aromatic heterocycles. The van der Waals surface area contributed by atoms with Gasteiger partial charge in [0.1, 0.15) is 17.3 Å². The number of hydrogen-bond donors (Lipinski definition) is 0. The highest BCUT2D eigenvalue weighted by molar-refractivity contribution is 6.53. The van der Waals surface area contributed by atoms with Gasteiger partial charge in [0.05, 0.1) is 42.5 Å². The molecule has 1 atom stereocenters. The molecule has 4 rings (SSSR count). The van der Waals surface area contributed by atoms with Crippen LogP contribution in [0.3, 0.4) is 0 Å². The Labute approximate surface area is 206 Å². The maximum Gasteiger partial charge on any atom is 0.266 e. The molecule has 2 aromatic carbocycles. The second-order valence-corrected chi connectivity index (χ2v) is 8.92. The molecular formula is C25H23Cl2N3O4. The normalized spacial score (nSPS) is 12.2. The molecule has 0 bridgehead atoms. The molecule has 0 saturated heterocycles. The zero-order valence-electron chi connectivity index (χ0n) is 18.9. The summed E-state index contributed by atoms with van der Waals surface area (Å²) in [5, 5.41) is 0.443. The molecule has 4 aromatic rings. The summed E-state index contributed by atoms with van der Waals surface area (Å²) in [6.45, 7) is 3.78. The Bertz CT molecular complexity index is 1380. The van der Waals surface area contributed by atoms with Gasteiger partial charge in [0, 0.05) is 0 Å². The molecule has 0 fully saturated rings. The van der Waals surface area contributed by atoms with Gasteiger partial charge < -0.3 is 14.1 Å². The maximum absolute atomic E-state index is 13.8. The van der Waals surface area contributed by atoms with Gasteiger partial charge in [-0.15, -0.1) is 0 Å². The van der Waals surface area contributed by atoms with E-state index in [2.05, 4.69) is 0 Å². The molecule has 34 heavy (non-hydrogen) atoms. The van der Waals surface area contributed by atoms with Gasteiger partial charge in [-0.1, -0.05) is 41.4 Å². The topological polar surface area (TPSA) is 77.6 Å². The predicted molar refractivity (Wildman–Crippen MR) is 132 cm³/mol. The number of hydrogen-bond acceptors (Lipinski definition) is 5. The molecule has 0 radical (unpaired) electrons. The summed E-state index contributed by atoms with van der Waals surface area (Å²) in [5.74, 6) is 0.839. The molecule has 9 heteroatoms. The Morgan fingerprint density at radius 3 is 2.62 bits per heavy atom. The van der Waals surface area contributed by atoms with Gasteiger partial charge in [-0.3, -0.25) is 14.2 Å². The van der Waals surface area contributed by atoms with E-state index in [0.717, 1.165) is 5.56 Å². The number of alkyl halides is 2. The third-order valence-corrected chi connectivity index (χ3v) is 5.97. The summed E-state index contributed by atoms with van der Waals surface area (Å²) in [7, 11) is 1.54. The highest BCUT2D eigenvalue weighted by Gasteiger charge is 2.31. The number of carbonyl (C=O) groups excluding carboxylic acids is 1. The SMILES string of the molecule is COc1ccc(C)cc1-n1c(C(C)N(Cc2ccco2)C(=O)C(Cl)Cl)nc2ccccc2c1=O. The highest BCUT2D eigenvalue weighted by atomic mass is 35.5. The lowest BCUT2D eigenvalue weighted by Gasteiger charge is -2.30. The van der Waals surface area contributed by atoms with Gasteiger partial charge in [-0.2, -0.15) is 0 Å². The van der Waals surface area contributed by atoms with E-state index >= 15 is 0 Å². The van der Waals surface area contributed by atoms with Crippen molar-refractivity contribution < 1.29 is 13.9 Å². The van der Waals surface area contributed by atoms with Crippen LogP contribution in [0.5, 0.6) is 5.75 Å². The van der Waals surface area contributed by atoms with E-state index in [1.165, 1.54) is 22.8 Å². The van der Waals surface area contributed by atoms with E-state index in [1.54, 1.807) is 49.4 Å². The number of furan rings is 1. The minimum absolute atomic E-state index is 0.0938.